The van der Waals surface area contributed by atoms with Crippen molar-refractivity contribution in [2.24, 2.45) is 0 Å². The van der Waals surface area contributed by atoms with E-state index in [-0.39, 0.29) is 6.61 Å². The highest BCUT2D eigenvalue weighted by Gasteiger charge is 2.23. The van der Waals surface area contributed by atoms with E-state index >= 15 is 0 Å². The molecule has 7 heteroatoms. The van der Waals surface area contributed by atoms with E-state index in [0.717, 1.165) is 12.0 Å². The maximum absolute atomic E-state index is 11.6. The molecule has 0 saturated carbocycles. The van der Waals surface area contributed by atoms with Crippen molar-refractivity contribution in [1.29, 1.82) is 0 Å². The van der Waals surface area contributed by atoms with Crippen molar-refractivity contribution in [1.82, 2.24) is 5.32 Å². The SMILES string of the molecule is CCc1cccc(OCC(=O)NC(CC(=O)O)C(=O)O)c1. The zero-order valence-corrected chi connectivity index (χ0v) is 11.5. The number of hydrogen-bond donors (Lipinski definition) is 3. The fourth-order valence-electron chi connectivity index (χ4n) is 1.61. The van der Waals surface area contributed by atoms with Crippen LogP contribution in [0.15, 0.2) is 24.3 Å². The number of carboxylic acid groups (broad SMARTS) is 2. The summed E-state index contributed by atoms with van der Waals surface area (Å²) in [6.07, 6.45) is 0.134. The van der Waals surface area contributed by atoms with Gasteiger partial charge in [-0.3, -0.25) is 9.59 Å². The number of carbonyl (C=O) groups is 3. The average molecular weight is 295 g/mol. The Balaban J connectivity index is 2.52. The van der Waals surface area contributed by atoms with Crippen LogP contribution in [-0.4, -0.2) is 40.7 Å². The molecule has 1 amide bonds. The average Bonchev–Trinajstić information content (AvgIpc) is 2.44. The molecule has 0 radical (unpaired) electrons. The van der Waals surface area contributed by atoms with Crippen LogP contribution in [0.25, 0.3) is 0 Å². The first-order valence-electron chi connectivity index (χ1n) is 6.38. The van der Waals surface area contributed by atoms with Gasteiger partial charge in [0, 0.05) is 0 Å². The van der Waals surface area contributed by atoms with Crippen molar-refractivity contribution >= 4 is 17.8 Å². The van der Waals surface area contributed by atoms with E-state index in [1.165, 1.54) is 0 Å². The number of hydrogen-bond acceptors (Lipinski definition) is 4. The monoisotopic (exact) mass is 295 g/mol. The second-order valence-electron chi connectivity index (χ2n) is 4.35. The van der Waals surface area contributed by atoms with Gasteiger partial charge in [0.15, 0.2) is 6.61 Å². The number of ether oxygens (including phenoxy) is 1. The molecule has 0 aliphatic rings. The van der Waals surface area contributed by atoms with Gasteiger partial charge in [0.05, 0.1) is 6.42 Å². The smallest absolute Gasteiger partial charge is 0.326 e. The number of rotatable bonds is 8. The molecule has 21 heavy (non-hydrogen) atoms. The summed E-state index contributed by atoms with van der Waals surface area (Å²) >= 11 is 0. The molecule has 1 aromatic rings. The Hall–Kier alpha value is -2.57. The van der Waals surface area contributed by atoms with Gasteiger partial charge in [-0.25, -0.2) is 4.79 Å². The van der Waals surface area contributed by atoms with Gasteiger partial charge in [-0.15, -0.1) is 0 Å². The molecule has 0 heterocycles. The summed E-state index contributed by atoms with van der Waals surface area (Å²) in [5.74, 6) is -2.90. The summed E-state index contributed by atoms with van der Waals surface area (Å²) < 4.78 is 5.24. The highest BCUT2D eigenvalue weighted by molar-refractivity contribution is 5.87. The van der Waals surface area contributed by atoms with Gasteiger partial charge in [-0.2, -0.15) is 0 Å². The topological polar surface area (TPSA) is 113 Å². The van der Waals surface area contributed by atoms with Crippen LogP contribution in [0.5, 0.6) is 5.75 Å². The van der Waals surface area contributed by atoms with Crippen molar-refractivity contribution < 1.29 is 29.3 Å². The molecule has 0 fully saturated rings. The molecule has 1 aromatic carbocycles. The van der Waals surface area contributed by atoms with Crippen LogP contribution in [0.1, 0.15) is 18.9 Å². The third-order valence-electron chi connectivity index (χ3n) is 2.69. The van der Waals surface area contributed by atoms with Crippen molar-refractivity contribution in [3.8, 4) is 5.75 Å². The van der Waals surface area contributed by atoms with E-state index < -0.39 is 30.3 Å². The Morgan fingerprint density at radius 2 is 2.00 bits per heavy atom. The maximum Gasteiger partial charge on any atom is 0.326 e. The quantitative estimate of drug-likeness (QED) is 0.649. The van der Waals surface area contributed by atoms with Gasteiger partial charge in [0.1, 0.15) is 11.8 Å². The highest BCUT2D eigenvalue weighted by Crippen LogP contribution is 2.13. The lowest BCUT2D eigenvalue weighted by Gasteiger charge is -2.13. The number of aryl methyl sites for hydroxylation is 1. The molecule has 0 bridgehead atoms. The number of nitrogens with one attached hydrogen (secondary N) is 1. The lowest BCUT2D eigenvalue weighted by Crippen LogP contribution is -2.44. The van der Waals surface area contributed by atoms with Gasteiger partial charge in [0.25, 0.3) is 5.91 Å². The van der Waals surface area contributed by atoms with Crippen molar-refractivity contribution in [3.63, 3.8) is 0 Å². The molecule has 1 rings (SSSR count). The standard InChI is InChI=1S/C14H17NO6/c1-2-9-4-3-5-10(6-9)21-8-12(16)15-11(14(19)20)7-13(17)18/h3-6,11H,2,7-8H2,1H3,(H,15,16)(H,17,18)(H,19,20). The van der Waals surface area contributed by atoms with Gasteiger partial charge in [-0.1, -0.05) is 19.1 Å². The molecule has 114 valence electrons. The number of carbonyl (C=O) groups excluding carboxylic acids is 1. The van der Waals surface area contributed by atoms with Gasteiger partial charge >= 0.3 is 11.9 Å². The third-order valence-corrected chi connectivity index (χ3v) is 2.69. The summed E-state index contributed by atoms with van der Waals surface area (Å²) in [4.78, 5) is 32.9. The van der Waals surface area contributed by atoms with E-state index in [1.54, 1.807) is 18.2 Å². The zero-order chi connectivity index (χ0) is 15.8. The minimum absolute atomic E-state index is 0.378. The van der Waals surface area contributed by atoms with Crippen LogP contribution in [0.3, 0.4) is 0 Å². The molecule has 3 N–H and O–H groups in total. The molecule has 0 aromatic heterocycles. The normalized spacial score (nSPS) is 11.5. The first-order valence-corrected chi connectivity index (χ1v) is 6.38. The van der Waals surface area contributed by atoms with Crippen LogP contribution in [0.2, 0.25) is 0 Å². The molecule has 0 saturated heterocycles. The summed E-state index contributed by atoms with van der Waals surface area (Å²) in [5.41, 5.74) is 1.04. The Morgan fingerprint density at radius 3 is 2.57 bits per heavy atom. The number of carboxylic acids is 2. The fourth-order valence-corrected chi connectivity index (χ4v) is 1.61. The molecular weight excluding hydrogens is 278 g/mol. The minimum Gasteiger partial charge on any atom is -0.484 e. The molecular formula is C14H17NO6. The van der Waals surface area contributed by atoms with Gasteiger partial charge < -0.3 is 20.3 Å². The summed E-state index contributed by atoms with van der Waals surface area (Å²) in [7, 11) is 0. The minimum atomic E-state index is -1.47. The van der Waals surface area contributed by atoms with E-state index in [4.69, 9.17) is 14.9 Å². The molecule has 0 aliphatic heterocycles. The van der Waals surface area contributed by atoms with Gasteiger partial charge in [0.2, 0.25) is 0 Å². The molecule has 1 unspecified atom stereocenters. The summed E-state index contributed by atoms with van der Waals surface area (Å²) in [6, 6.07) is 5.69. The van der Waals surface area contributed by atoms with Crippen molar-refractivity contribution in [3.05, 3.63) is 29.8 Å². The second-order valence-corrected chi connectivity index (χ2v) is 4.35. The van der Waals surface area contributed by atoms with E-state index in [0.29, 0.717) is 5.75 Å². The Morgan fingerprint density at radius 1 is 1.29 bits per heavy atom. The van der Waals surface area contributed by atoms with E-state index in [2.05, 4.69) is 5.32 Å². The molecule has 0 aliphatic carbocycles. The van der Waals surface area contributed by atoms with Crippen LogP contribution < -0.4 is 10.1 Å². The fraction of sp³-hybridized carbons (Fsp3) is 0.357. The predicted molar refractivity (Wildman–Crippen MR) is 73.1 cm³/mol. The van der Waals surface area contributed by atoms with Gasteiger partial charge in [-0.05, 0) is 24.1 Å². The summed E-state index contributed by atoms with van der Waals surface area (Å²) in [6.45, 7) is 1.60. The molecule has 7 nitrogen and oxygen atoms in total. The van der Waals surface area contributed by atoms with Crippen molar-refractivity contribution in [2.75, 3.05) is 6.61 Å². The van der Waals surface area contributed by atoms with Crippen molar-refractivity contribution in [2.45, 2.75) is 25.8 Å². The van der Waals surface area contributed by atoms with Crippen LogP contribution >= 0.6 is 0 Å². The number of aliphatic carboxylic acids is 2. The predicted octanol–water partition coefficient (Wildman–Crippen LogP) is 0.672. The van der Waals surface area contributed by atoms with Crippen LogP contribution in [0, 0.1) is 0 Å². The van der Waals surface area contributed by atoms with E-state index in [1.807, 2.05) is 13.0 Å². The third kappa shape index (κ3) is 5.94. The Bertz CT molecular complexity index is 528. The molecule has 0 spiro atoms. The zero-order valence-electron chi connectivity index (χ0n) is 11.5. The second kappa shape index (κ2) is 7.88. The first-order chi connectivity index (χ1) is 9.92. The number of amides is 1. The van der Waals surface area contributed by atoms with Crippen LogP contribution in [-0.2, 0) is 20.8 Å². The Kier molecular flexibility index (Phi) is 6.19. The molecule has 1 atom stereocenters. The maximum atomic E-state index is 11.6. The lowest BCUT2D eigenvalue weighted by atomic mass is 10.2. The summed E-state index contributed by atoms with van der Waals surface area (Å²) in [5, 5.41) is 19.5. The Labute approximate surface area is 121 Å². The first kappa shape index (κ1) is 16.5. The number of benzene rings is 1. The largest absolute Gasteiger partial charge is 0.484 e. The lowest BCUT2D eigenvalue weighted by molar-refractivity contribution is -0.147. The van der Waals surface area contributed by atoms with Crippen LogP contribution in [0.4, 0.5) is 0 Å². The van der Waals surface area contributed by atoms with E-state index in [9.17, 15) is 14.4 Å². The highest BCUT2D eigenvalue weighted by atomic mass is 16.5.